The van der Waals surface area contributed by atoms with E-state index in [1.807, 2.05) is 29.7 Å². The monoisotopic (exact) mass is 386 g/mol. The number of benzene rings is 2. The minimum atomic E-state index is -0.0902. The first-order valence-corrected chi connectivity index (χ1v) is 9.60. The Morgan fingerprint density at radius 3 is 2.58 bits per heavy atom. The van der Waals surface area contributed by atoms with Gasteiger partial charge >= 0.3 is 0 Å². The number of carbonyl (C=O) groups excluding carboxylic acids is 1. The molecule has 1 N–H and O–H groups in total. The first-order valence-electron chi connectivity index (χ1n) is 8.24. The number of aryl methyl sites for hydroxylation is 2. The third-order valence-electron chi connectivity index (χ3n) is 3.83. The summed E-state index contributed by atoms with van der Waals surface area (Å²) in [7, 11) is 0. The summed E-state index contributed by atoms with van der Waals surface area (Å²) in [6, 6.07) is 17.3. The molecule has 2 aromatic carbocycles. The van der Waals surface area contributed by atoms with E-state index >= 15 is 0 Å². The van der Waals surface area contributed by atoms with Crippen LogP contribution in [-0.4, -0.2) is 26.4 Å². The van der Waals surface area contributed by atoms with Gasteiger partial charge in [0.05, 0.1) is 5.75 Å². The van der Waals surface area contributed by atoms with E-state index in [4.69, 9.17) is 11.6 Å². The Morgan fingerprint density at radius 1 is 1.12 bits per heavy atom. The lowest BCUT2D eigenvalue weighted by Crippen LogP contribution is -2.15. The highest BCUT2D eigenvalue weighted by Gasteiger charge is 2.12. The van der Waals surface area contributed by atoms with Gasteiger partial charge in [-0.1, -0.05) is 53.7 Å². The van der Waals surface area contributed by atoms with E-state index in [1.54, 1.807) is 24.3 Å². The van der Waals surface area contributed by atoms with Crippen molar-refractivity contribution < 1.29 is 4.79 Å². The smallest absolute Gasteiger partial charge is 0.234 e. The summed E-state index contributed by atoms with van der Waals surface area (Å²) in [6.45, 7) is 2.71. The predicted octanol–water partition coefficient (Wildman–Crippen LogP) is 4.21. The van der Waals surface area contributed by atoms with Gasteiger partial charge in [-0.2, -0.15) is 0 Å². The molecule has 1 aromatic heterocycles. The van der Waals surface area contributed by atoms with E-state index in [2.05, 4.69) is 27.6 Å². The molecule has 5 nitrogen and oxygen atoms in total. The van der Waals surface area contributed by atoms with Crippen LogP contribution >= 0.6 is 23.4 Å². The summed E-state index contributed by atoms with van der Waals surface area (Å²) in [5, 5.41) is 12.6. The molecule has 1 heterocycles. The molecule has 134 valence electrons. The van der Waals surface area contributed by atoms with Crippen LogP contribution in [0.15, 0.2) is 59.8 Å². The number of amides is 1. The minimum Gasteiger partial charge on any atom is -0.325 e. The number of nitrogens with one attached hydrogen (secondary N) is 1. The van der Waals surface area contributed by atoms with Crippen molar-refractivity contribution in [2.75, 3.05) is 11.1 Å². The quantitative estimate of drug-likeness (QED) is 0.618. The fourth-order valence-electron chi connectivity index (χ4n) is 2.47. The van der Waals surface area contributed by atoms with Crippen molar-refractivity contribution in [1.82, 2.24) is 14.8 Å². The SMILES string of the molecule is Cc1nnc(SCC(=O)Nc2ccc(Cl)cc2)n1CCc1ccccc1. The first-order chi connectivity index (χ1) is 12.6. The zero-order valence-electron chi connectivity index (χ0n) is 14.4. The number of thioether (sulfide) groups is 1. The number of anilines is 1. The Hall–Kier alpha value is -2.31. The third-order valence-corrected chi connectivity index (χ3v) is 5.05. The lowest BCUT2D eigenvalue weighted by Gasteiger charge is -2.09. The van der Waals surface area contributed by atoms with Gasteiger partial charge in [0, 0.05) is 17.3 Å². The van der Waals surface area contributed by atoms with Crippen LogP contribution in [0.5, 0.6) is 0 Å². The molecule has 1 amide bonds. The van der Waals surface area contributed by atoms with Gasteiger partial charge in [-0.25, -0.2) is 0 Å². The molecule has 0 aliphatic carbocycles. The van der Waals surface area contributed by atoms with Gasteiger partial charge in [0.1, 0.15) is 5.82 Å². The largest absolute Gasteiger partial charge is 0.325 e. The third kappa shape index (κ3) is 5.09. The summed E-state index contributed by atoms with van der Waals surface area (Å²) in [5.74, 6) is 1.03. The van der Waals surface area contributed by atoms with Gasteiger partial charge < -0.3 is 9.88 Å². The van der Waals surface area contributed by atoms with Gasteiger partial charge in [-0.3, -0.25) is 4.79 Å². The van der Waals surface area contributed by atoms with Crippen LogP contribution in [0.2, 0.25) is 5.02 Å². The van der Waals surface area contributed by atoms with E-state index in [0.29, 0.717) is 5.02 Å². The maximum atomic E-state index is 12.1. The molecule has 0 aliphatic heterocycles. The van der Waals surface area contributed by atoms with Crippen molar-refractivity contribution in [1.29, 1.82) is 0 Å². The fourth-order valence-corrected chi connectivity index (χ4v) is 3.41. The molecule has 0 spiro atoms. The van der Waals surface area contributed by atoms with E-state index in [-0.39, 0.29) is 11.7 Å². The number of halogens is 1. The molecule has 0 saturated heterocycles. The second-order valence-electron chi connectivity index (χ2n) is 5.76. The Kier molecular flexibility index (Phi) is 6.30. The molecular formula is C19H19ClN4OS. The number of carbonyl (C=O) groups is 1. The summed E-state index contributed by atoms with van der Waals surface area (Å²) >= 11 is 7.23. The second-order valence-corrected chi connectivity index (χ2v) is 7.14. The zero-order chi connectivity index (χ0) is 18.4. The summed E-state index contributed by atoms with van der Waals surface area (Å²) < 4.78 is 2.05. The van der Waals surface area contributed by atoms with E-state index in [1.165, 1.54) is 17.3 Å². The lowest BCUT2D eigenvalue weighted by atomic mass is 10.1. The average Bonchev–Trinajstić information content (AvgIpc) is 3.01. The van der Waals surface area contributed by atoms with Gasteiger partial charge in [0.15, 0.2) is 5.16 Å². The molecule has 0 atom stereocenters. The Bertz CT molecular complexity index is 865. The maximum absolute atomic E-state index is 12.1. The van der Waals surface area contributed by atoms with E-state index in [0.717, 1.165) is 29.6 Å². The summed E-state index contributed by atoms with van der Waals surface area (Å²) in [5.41, 5.74) is 1.98. The van der Waals surface area contributed by atoms with Crippen molar-refractivity contribution in [2.24, 2.45) is 0 Å². The molecule has 0 saturated carbocycles. The van der Waals surface area contributed by atoms with Crippen molar-refractivity contribution in [3.63, 3.8) is 0 Å². The lowest BCUT2D eigenvalue weighted by molar-refractivity contribution is -0.113. The molecular weight excluding hydrogens is 368 g/mol. The molecule has 26 heavy (non-hydrogen) atoms. The molecule has 0 unspecified atom stereocenters. The Labute approximate surface area is 161 Å². The first kappa shape index (κ1) is 18.5. The van der Waals surface area contributed by atoms with Crippen molar-refractivity contribution >= 4 is 35.0 Å². The van der Waals surface area contributed by atoms with E-state index < -0.39 is 0 Å². The van der Waals surface area contributed by atoms with E-state index in [9.17, 15) is 4.79 Å². The molecule has 0 aliphatic rings. The van der Waals surface area contributed by atoms with Crippen LogP contribution in [0, 0.1) is 6.92 Å². The average molecular weight is 387 g/mol. The molecule has 3 aromatic rings. The van der Waals surface area contributed by atoms with Crippen LogP contribution in [0.3, 0.4) is 0 Å². The molecule has 0 radical (unpaired) electrons. The van der Waals surface area contributed by atoms with Crippen LogP contribution in [0.1, 0.15) is 11.4 Å². The predicted molar refractivity (Wildman–Crippen MR) is 106 cm³/mol. The number of aromatic nitrogens is 3. The van der Waals surface area contributed by atoms with Crippen LogP contribution in [-0.2, 0) is 17.8 Å². The van der Waals surface area contributed by atoms with Crippen molar-refractivity contribution in [3.8, 4) is 0 Å². The van der Waals surface area contributed by atoms with Crippen molar-refractivity contribution in [3.05, 3.63) is 71.0 Å². The van der Waals surface area contributed by atoms with Crippen LogP contribution in [0.25, 0.3) is 0 Å². The Balaban J connectivity index is 1.56. The topological polar surface area (TPSA) is 59.8 Å². The van der Waals surface area contributed by atoms with Crippen molar-refractivity contribution in [2.45, 2.75) is 25.0 Å². The second kappa shape index (κ2) is 8.87. The minimum absolute atomic E-state index is 0.0902. The number of rotatable bonds is 7. The normalized spacial score (nSPS) is 10.7. The van der Waals surface area contributed by atoms with Gasteiger partial charge in [-0.15, -0.1) is 10.2 Å². The molecule has 7 heteroatoms. The molecule has 3 rings (SSSR count). The highest BCUT2D eigenvalue weighted by atomic mass is 35.5. The number of hydrogen-bond donors (Lipinski definition) is 1. The zero-order valence-corrected chi connectivity index (χ0v) is 15.9. The summed E-state index contributed by atoms with van der Waals surface area (Å²) in [4.78, 5) is 12.1. The molecule has 0 fully saturated rings. The highest BCUT2D eigenvalue weighted by Crippen LogP contribution is 2.19. The maximum Gasteiger partial charge on any atom is 0.234 e. The fraction of sp³-hybridized carbons (Fsp3) is 0.211. The Morgan fingerprint density at radius 2 is 1.85 bits per heavy atom. The standard InChI is InChI=1S/C19H19ClN4OS/c1-14-22-23-19(24(14)12-11-15-5-3-2-4-6-15)26-13-18(25)21-17-9-7-16(20)8-10-17/h2-10H,11-13H2,1H3,(H,21,25). The number of nitrogens with zero attached hydrogens (tertiary/aromatic N) is 3. The van der Waals surface area contributed by atoms with Crippen LogP contribution < -0.4 is 5.32 Å². The van der Waals surface area contributed by atoms with Crippen LogP contribution in [0.4, 0.5) is 5.69 Å². The van der Waals surface area contributed by atoms with Gasteiger partial charge in [0.2, 0.25) is 5.91 Å². The highest BCUT2D eigenvalue weighted by molar-refractivity contribution is 7.99. The number of hydrogen-bond acceptors (Lipinski definition) is 4. The van der Waals surface area contributed by atoms with Gasteiger partial charge in [0.25, 0.3) is 0 Å². The summed E-state index contributed by atoms with van der Waals surface area (Å²) in [6.07, 6.45) is 0.893. The van der Waals surface area contributed by atoms with Gasteiger partial charge in [-0.05, 0) is 43.2 Å². The molecule has 0 bridgehead atoms.